The molecular weight excluding hydrogens is 276 g/mol. The van der Waals surface area contributed by atoms with Gasteiger partial charge < -0.3 is 4.90 Å². The third-order valence-electron chi connectivity index (χ3n) is 3.71. The Morgan fingerprint density at radius 3 is 2.14 bits per heavy atom. The summed E-state index contributed by atoms with van der Waals surface area (Å²) in [5, 5.41) is 0. The molecule has 0 heterocycles. The number of nitrogens with zero attached hydrogens (tertiary/aromatic N) is 2. The summed E-state index contributed by atoms with van der Waals surface area (Å²) in [4.78, 5) is 15.4. The number of nitrogens with two attached hydrogens (primary N) is 1. The lowest BCUT2D eigenvalue weighted by Crippen LogP contribution is -2.41. The van der Waals surface area contributed by atoms with Gasteiger partial charge in [-0.25, -0.2) is 5.84 Å². The summed E-state index contributed by atoms with van der Waals surface area (Å²) in [6.45, 7) is 9.62. The van der Waals surface area contributed by atoms with Crippen LogP contribution >= 0.6 is 0 Å². The van der Waals surface area contributed by atoms with E-state index in [1.54, 1.807) is 0 Å². The van der Waals surface area contributed by atoms with Gasteiger partial charge in [-0.3, -0.25) is 15.1 Å². The highest BCUT2D eigenvalue weighted by atomic mass is 16.2. The number of hydrazine groups is 1. The second-order valence-electron chi connectivity index (χ2n) is 6.99. The first-order valence-corrected chi connectivity index (χ1v) is 7.68. The normalized spacial score (nSPS) is 12.0. The van der Waals surface area contributed by atoms with Crippen molar-refractivity contribution >= 4 is 5.91 Å². The van der Waals surface area contributed by atoms with E-state index in [-0.39, 0.29) is 11.3 Å². The molecule has 0 aromatic heterocycles. The zero-order chi connectivity index (χ0) is 16.8. The molecule has 5 nitrogen and oxygen atoms in total. The second-order valence-corrected chi connectivity index (χ2v) is 6.99. The average Bonchev–Trinajstić information content (AvgIpc) is 2.44. The Hall–Kier alpha value is -1.43. The Balaban J connectivity index is 2.42. The van der Waals surface area contributed by atoms with Crippen molar-refractivity contribution in [1.29, 1.82) is 0 Å². The van der Waals surface area contributed by atoms with Crippen LogP contribution in [0.5, 0.6) is 0 Å². The van der Waals surface area contributed by atoms with Crippen molar-refractivity contribution in [1.82, 2.24) is 15.2 Å². The molecule has 0 aliphatic carbocycles. The molecule has 0 unspecified atom stereocenters. The maximum atomic E-state index is 11.2. The van der Waals surface area contributed by atoms with Gasteiger partial charge in [-0.2, -0.15) is 0 Å². The minimum atomic E-state index is -0.164. The molecule has 5 heteroatoms. The molecule has 0 bridgehead atoms. The van der Waals surface area contributed by atoms with Gasteiger partial charge in [0.15, 0.2) is 0 Å². The molecule has 0 aliphatic heterocycles. The molecule has 0 aliphatic rings. The Kier molecular flexibility index (Phi) is 7.00. The van der Waals surface area contributed by atoms with E-state index in [1.807, 2.05) is 11.9 Å². The first-order valence-electron chi connectivity index (χ1n) is 7.68. The Morgan fingerprint density at radius 1 is 1.09 bits per heavy atom. The minimum absolute atomic E-state index is 0.164. The number of hydrogen-bond acceptors (Lipinski definition) is 4. The van der Waals surface area contributed by atoms with Crippen LogP contribution in [0.25, 0.3) is 0 Å². The van der Waals surface area contributed by atoms with E-state index in [9.17, 15) is 4.79 Å². The summed E-state index contributed by atoms with van der Waals surface area (Å²) in [5.41, 5.74) is 4.99. The van der Waals surface area contributed by atoms with Crippen LogP contribution < -0.4 is 11.3 Å². The third-order valence-corrected chi connectivity index (χ3v) is 3.71. The van der Waals surface area contributed by atoms with Crippen LogP contribution in [0.15, 0.2) is 24.3 Å². The summed E-state index contributed by atoms with van der Waals surface area (Å²) in [6, 6.07) is 8.81. The van der Waals surface area contributed by atoms with Crippen molar-refractivity contribution in [2.75, 3.05) is 33.7 Å². The summed E-state index contributed by atoms with van der Waals surface area (Å²) < 4.78 is 0. The van der Waals surface area contributed by atoms with Gasteiger partial charge in [0.2, 0.25) is 5.91 Å². The number of likely N-dealkylation sites (N-methyl/N-ethyl adjacent to an activating group) is 2. The highest BCUT2D eigenvalue weighted by molar-refractivity contribution is 5.77. The molecule has 1 aromatic carbocycles. The lowest BCUT2D eigenvalue weighted by Gasteiger charge is -2.22. The predicted molar refractivity (Wildman–Crippen MR) is 91.3 cm³/mol. The first kappa shape index (κ1) is 18.6. The van der Waals surface area contributed by atoms with E-state index in [2.05, 4.69) is 62.4 Å². The van der Waals surface area contributed by atoms with E-state index in [4.69, 9.17) is 5.84 Å². The molecule has 0 radical (unpaired) electrons. The molecule has 0 saturated carbocycles. The van der Waals surface area contributed by atoms with Gasteiger partial charge in [0.05, 0.1) is 6.54 Å². The fourth-order valence-electron chi connectivity index (χ4n) is 2.21. The fourth-order valence-corrected chi connectivity index (χ4v) is 2.21. The van der Waals surface area contributed by atoms with Gasteiger partial charge >= 0.3 is 0 Å². The van der Waals surface area contributed by atoms with Crippen LogP contribution in [0.1, 0.15) is 31.9 Å². The van der Waals surface area contributed by atoms with Gasteiger partial charge in [0.1, 0.15) is 0 Å². The number of nitrogens with one attached hydrogen (secondary N) is 1. The molecule has 0 atom stereocenters. The first-order chi connectivity index (χ1) is 10.2. The van der Waals surface area contributed by atoms with Crippen molar-refractivity contribution in [3.05, 3.63) is 35.4 Å². The van der Waals surface area contributed by atoms with Crippen molar-refractivity contribution in [3.8, 4) is 0 Å². The van der Waals surface area contributed by atoms with Crippen LogP contribution in [0.2, 0.25) is 0 Å². The number of amides is 1. The van der Waals surface area contributed by atoms with Crippen LogP contribution in [0.4, 0.5) is 0 Å². The number of hydrogen-bond donors (Lipinski definition) is 2. The third kappa shape index (κ3) is 6.56. The summed E-state index contributed by atoms with van der Waals surface area (Å²) in [7, 11) is 4.01. The summed E-state index contributed by atoms with van der Waals surface area (Å²) in [6.07, 6.45) is 0. The molecule has 1 amide bonds. The number of carbonyl (C=O) groups is 1. The molecule has 0 saturated heterocycles. The van der Waals surface area contributed by atoms with E-state index in [0.29, 0.717) is 6.54 Å². The van der Waals surface area contributed by atoms with Crippen molar-refractivity contribution in [2.24, 2.45) is 5.84 Å². The molecule has 0 spiro atoms. The zero-order valence-corrected chi connectivity index (χ0v) is 14.5. The standard InChI is InChI=1S/C17H30N4O/c1-17(2,3)15-8-6-14(7-9-15)12-20(4)10-11-21(5)13-16(22)19-18/h6-9H,10-13,18H2,1-5H3,(H,19,22). The van der Waals surface area contributed by atoms with E-state index < -0.39 is 0 Å². The fraction of sp³-hybridized carbons (Fsp3) is 0.588. The molecule has 1 aromatic rings. The summed E-state index contributed by atoms with van der Waals surface area (Å²) >= 11 is 0. The average molecular weight is 306 g/mol. The molecule has 3 N–H and O–H groups in total. The Labute approximate surface area is 134 Å². The quantitative estimate of drug-likeness (QED) is 0.453. The highest BCUT2D eigenvalue weighted by Gasteiger charge is 2.13. The summed E-state index contributed by atoms with van der Waals surface area (Å²) in [5.74, 6) is 4.92. The van der Waals surface area contributed by atoms with Crippen LogP contribution in [0, 0.1) is 0 Å². The second kappa shape index (κ2) is 8.27. The Bertz CT molecular complexity index is 465. The maximum Gasteiger partial charge on any atom is 0.248 e. The van der Waals surface area contributed by atoms with Gasteiger partial charge in [-0.05, 0) is 30.6 Å². The molecule has 0 fully saturated rings. The zero-order valence-electron chi connectivity index (χ0n) is 14.5. The molecule has 1 rings (SSSR count). The SMILES string of the molecule is CN(CCN(C)Cc1ccc(C(C)(C)C)cc1)CC(=O)NN. The van der Waals surface area contributed by atoms with E-state index in [0.717, 1.165) is 19.6 Å². The van der Waals surface area contributed by atoms with E-state index in [1.165, 1.54) is 11.1 Å². The van der Waals surface area contributed by atoms with Crippen LogP contribution in [-0.4, -0.2) is 49.4 Å². The minimum Gasteiger partial charge on any atom is -0.301 e. The number of carbonyl (C=O) groups excluding carboxylic acids is 1. The largest absolute Gasteiger partial charge is 0.301 e. The van der Waals surface area contributed by atoms with Gasteiger partial charge in [-0.15, -0.1) is 0 Å². The lowest BCUT2D eigenvalue weighted by molar-refractivity contribution is -0.122. The molecule has 124 valence electrons. The van der Waals surface area contributed by atoms with Crippen molar-refractivity contribution < 1.29 is 4.79 Å². The van der Waals surface area contributed by atoms with Gasteiger partial charge in [0, 0.05) is 19.6 Å². The lowest BCUT2D eigenvalue weighted by atomic mass is 9.87. The molecule has 22 heavy (non-hydrogen) atoms. The molecular formula is C17H30N4O. The van der Waals surface area contributed by atoms with Gasteiger partial charge in [-0.1, -0.05) is 45.0 Å². The van der Waals surface area contributed by atoms with Crippen LogP contribution in [0.3, 0.4) is 0 Å². The number of rotatable bonds is 7. The smallest absolute Gasteiger partial charge is 0.248 e. The van der Waals surface area contributed by atoms with Crippen molar-refractivity contribution in [2.45, 2.75) is 32.7 Å². The highest BCUT2D eigenvalue weighted by Crippen LogP contribution is 2.22. The van der Waals surface area contributed by atoms with Gasteiger partial charge in [0.25, 0.3) is 0 Å². The maximum absolute atomic E-state index is 11.2. The number of benzene rings is 1. The predicted octanol–water partition coefficient (Wildman–Crippen LogP) is 1.34. The Morgan fingerprint density at radius 2 is 1.64 bits per heavy atom. The van der Waals surface area contributed by atoms with Crippen molar-refractivity contribution in [3.63, 3.8) is 0 Å². The van der Waals surface area contributed by atoms with E-state index >= 15 is 0 Å². The topological polar surface area (TPSA) is 61.6 Å². The monoisotopic (exact) mass is 306 g/mol. The van der Waals surface area contributed by atoms with Crippen LogP contribution in [-0.2, 0) is 16.8 Å².